The van der Waals surface area contributed by atoms with E-state index in [0.29, 0.717) is 31.5 Å². The highest BCUT2D eigenvalue weighted by Gasteiger charge is 2.50. The summed E-state index contributed by atoms with van der Waals surface area (Å²) in [4.78, 5) is 14.6. The average molecular weight is 372 g/mol. The number of amides is 1. The van der Waals surface area contributed by atoms with Gasteiger partial charge in [-0.2, -0.15) is 0 Å². The van der Waals surface area contributed by atoms with Crippen molar-refractivity contribution in [1.82, 2.24) is 9.21 Å². The van der Waals surface area contributed by atoms with E-state index in [1.807, 2.05) is 0 Å². The Hall–Kier alpha value is -1.54. The first-order valence-electron chi connectivity index (χ1n) is 8.48. The molecular formula is C17H22F2N2O3S. The Kier molecular flexibility index (Phi) is 4.85. The van der Waals surface area contributed by atoms with Gasteiger partial charge in [0.25, 0.3) is 0 Å². The minimum atomic E-state index is -3.31. The van der Waals surface area contributed by atoms with Crippen LogP contribution in [0.1, 0.15) is 31.7 Å². The Morgan fingerprint density at radius 3 is 2.60 bits per heavy atom. The summed E-state index contributed by atoms with van der Waals surface area (Å²) >= 11 is 0. The maximum Gasteiger partial charge on any atom is 0.230 e. The zero-order valence-electron chi connectivity index (χ0n) is 14.2. The summed E-state index contributed by atoms with van der Waals surface area (Å²) in [5, 5.41) is 0. The molecule has 138 valence electrons. The molecule has 0 radical (unpaired) electrons. The summed E-state index contributed by atoms with van der Waals surface area (Å²) in [5.74, 6) is -1.91. The van der Waals surface area contributed by atoms with E-state index >= 15 is 0 Å². The number of sulfonamides is 1. The van der Waals surface area contributed by atoms with E-state index in [-0.39, 0.29) is 24.7 Å². The third kappa shape index (κ3) is 3.42. The van der Waals surface area contributed by atoms with E-state index in [4.69, 9.17) is 0 Å². The number of halogens is 2. The van der Waals surface area contributed by atoms with Crippen LogP contribution in [0.3, 0.4) is 0 Å². The van der Waals surface area contributed by atoms with Gasteiger partial charge in [-0.05, 0) is 43.9 Å². The van der Waals surface area contributed by atoms with Gasteiger partial charge in [-0.3, -0.25) is 4.79 Å². The third-order valence-electron chi connectivity index (χ3n) is 5.26. The van der Waals surface area contributed by atoms with Crippen LogP contribution in [-0.2, 0) is 21.4 Å². The van der Waals surface area contributed by atoms with Gasteiger partial charge in [-0.25, -0.2) is 21.5 Å². The van der Waals surface area contributed by atoms with E-state index in [0.717, 1.165) is 18.6 Å². The number of carbonyl (C=O) groups is 1. The fraction of sp³-hybridized carbons (Fsp3) is 0.588. The number of benzene rings is 1. The van der Waals surface area contributed by atoms with Crippen LogP contribution in [0.15, 0.2) is 18.2 Å². The van der Waals surface area contributed by atoms with Crippen molar-refractivity contribution in [2.24, 2.45) is 5.41 Å². The lowest BCUT2D eigenvalue weighted by molar-refractivity contribution is -0.146. The Balaban J connectivity index is 1.76. The normalized spacial score (nSPS) is 25.1. The molecule has 25 heavy (non-hydrogen) atoms. The summed E-state index contributed by atoms with van der Waals surface area (Å²) in [6.07, 6.45) is 1.95. The van der Waals surface area contributed by atoms with Gasteiger partial charge in [0.1, 0.15) is 0 Å². The first-order chi connectivity index (χ1) is 11.8. The molecular weight excluding hydrogens is 350 g/mol. The Morgan fingerprint density at radius 1 is 1.16 bits per heavy atom. The fourth-order valence-electron chi connectivity index (χ4n) is 3.79. The minimum absolute atomic E-state index is 0.0237. The Morgan fingerprint density at radius 2 is 1.92 bits per heavy atom. The highest BCUT2D eigenvalue weighted by atomic mass is 32.2. The lowest BCUT2D eigenvalue weighted by Crippen LogP contribution is -2.50. The SMILES string of the molecule is CCS(=O)(=O)N1CC[C@@]2(CCCN(Cc3ccc(F)c(F)c3)C2=O)C1. The molecule has 5 nitrogen and oxygen atoms in total. The topological polar surface area (TPSA) is 57.7 Å². The largest absolute Gasteiger partial charge is 0.338 e. The number of carbonyl (C=O) groups excluding carboxylic acids is 1. The number of hydrogen-bond donors (Lipinski definition) is 0. The van der Waals surface area contributed by atoms with Crippen LogP contribution in [0.2, 0.25) is 0 Å². The van der Waals surface area contributed by atoms with Gasteiger partial charge in [0, 0.05) is 26.2 Å². The molecule has 1 atom stereocenters. The van der Waals surface area contributed by atoms with Crippen LogP contribution >= 0.6 is 0 Å². The summed E-state index contributed by atoms with van der Waals surface area (Å²) in [5.41, 5.74) is -0.153. The van der Waals surface area contributed by atoms with Crippen LogP contribution in [-0.4, -0.2) is 48.9 Å². The van der Waals surface area contributed by atoms with E-state index in [9.17, 15) is 22.0 Å². The van der Waals surface area contributed by atoms with Crippen LogP contribution in [0, 0.1) is 17.0 Å². The molecule has 0 aliphatic carbocycles. The quantitative estimate of drug-likeness (QED) is 0.814. The molecule has 0 N–H and O–H groups in total. The van der Waals surface area contributed by atoms with Crippen molar-refractivity contribution in [2.75, 3.05) is 25.4 Å². The first kappa shape index (κ1) is 18.3. The molecule has 8 heteroatoms. The summed E-state index contributed by atoms with van der Waals surface area (Å²) in [7, 11) is -3.31. The van der Waals surface area contributed by atoms with Crippen molar-refractivity contribution in [1.29, 1.82) is 0 Å². The lowest BCUT2D eigenvalue weighted by Gasteiger charge is -2.39. The smallest absolute Gasteiger partial charge is 0.230 e. The highest BCUT2D eigenvalue weighted by Crippen LogP contribution is 2.41. The van der Waals surface area contributed by atoms with Gasteiger partial charge < -0.3 is 4.90 Å². The highest BCUT2D eigenvalue weighted by molar-refractivity contribution is 7.89. The summed E-state index contributed by atoms with van der Waals surface area (Å²) in [6, 6.07) is 3.63. The van der Waals surface area contributed by atoms with Crippen molar-refractivity contribution in [2.45, 2.75) is 32.7 Å². The van der Waals surface area contributed by atoms with Gasteiger partial charge in [0.05, 0.1) is 11.2 Å². The molecule has 0 saturated carbocycles. The van der Waals surface area contributed by atoms with Gasteiger partial charge in [-0.15, -0.1) is 0 Å². The van der Waals surface area contributed by atoms with Crippen LogP contribution in [0.5, 0.6) is 0 Å². The van der Waals surface area contributed by atoms with Crippen molar-refractivity contribution in [3.63, 3.8) is 0 Å². The summed E-state index contributed by atoms with van der Waals surface area (Å²) in [6.45, 7) is 2.92. The van der Waals surface area contributed by atoms with Gasteiger partial charge in [0.15, 0.2) is 11.6 Å². The average Bonchev–Trinajstić information content (AvgIpc) is 3.01. The molecule has 2 aliphatic rings. The van der Waals surface area contributed by atoms with Crippen LogP contribution in [0.25, 0.3) is 0 Å². The zero-order valence-corrected chi connectivity index (χ0v) is 15.0. The second-order valence-electron chi connectivity index (χ2n) is 6.84. The van der Waals surface area contributed by atoms with Gasteiger partial charge >= 0.3 is 0 Å². The molecule has 2 saturated heterocycles. The standard InChI is InChI=1S/C17H22F2N2O3S/c1-2-25(23,24)21-9-7-17(12-21)6-3-8-20(16(17)22)11-13-4-5-14(18)15(19)10-13/h4-5,10H,2-3,6-9,11-12H2,1H3/t17-/m0/s1. The second kappa shape index (κ2) is 6.64. The summed E-state index contributed by atoms with van der Waals surface area (Å²) < 4.78 is 52.1. The molecule has 1 aromatic carbocycles. The molecule has 3 rings (SSSR count). The maximum atomic E-state index is 13.4. The van der Waals surface area contributed by atoms with Gasteiger partial charge in [-0.1, -0.05) is 6.07 Å². The fourth-order valence-corrected chi connectivity index (χ4v) is 4.97. The Bertz CT molecular complexity index is 784. The second-order valence-corrected chi connectivity index (χ2v) is 9.10. The molecule has 2 heterocycles. The van der Waals surface area contributed by atoms with Gasteiger partial charge in [0.2, 0.25) is 15.9 Å². The van der Waals surface area contributed by atoms with Crippen molar-refractivity contribution in [3.05, 3.63) is 35.4 Å². The number of nitrogens with zero attached hydrogens (tertiary/aromatic N) is 2. The van der Waals surface area contributed by atoms with Crippen molar-refractivity contribution >= 4 is 15.9 Å². The van der Waals surface area contributed by atoms with Crippen molar-refractivity contribution in [3.8, 4) is 0 Å². The van der Waals surface area contributed by atoms with E-state index in [2.05, 4.69) is 0 Å². The van der Waals surface area contributed by atoms with E-state index < -0.39 is 27.1 Å². The molecule has 1 aromatic rings. The molecule has 2 aliphatic heterocycles. The first-order valence-corrected chi connectivity index (χ1v) is 10.1. The molecule has 1 amide bonds. The molecule has 1 spiro atoms. The van der Waals surface area contributed by atoms with Crippen LogP contribution < -0.4 is 0 Å². The molecule has 0 aromatic heterocycles. The molecule has 0 unspecified atom stereocenters. The third-order valence-corrected chi connectivity index (χ3v) is 7.09. The monoisotopic (exact) mass is 372 g/mol. The van der Waals surface area contributed by atoms with Crippen LogP contribution in [0.4, 0.5) is 8.78 Å². The number of likely N-dealkylation sites (tertiary alicyclic amines) is 1. The molecule has 2 fully saturated rings. The Labute approximate surface area is 146 Å². The van der Waals surface area contributed by atoms with Crippen molar-refractivity contribution < 1.29 is 22.0 Å². The molecule has 0 bridgehead atoms. The number of rotatable bonds is 4. The predicted molar refractivity (Wildman–Crippen MR) is 89.1 cm³/mol. The minimum Gasteiger partial charge on any atom is -0.338 e. The van der Waals surface area contributed by atoms with E-state index in [1.165, 1.54) is 10.4 Å². The zero-order chi connectivity index (χ0) is 18.2. The lowest BCUT2D eigenvalue weighted by atomic mass is 9.78. The maximum absolute atomic E-state index is 13.4. The predicted octanol–water partition coefficient (Wildman–Crippen LogP) is 2.13. The van der Waals surface area contributed by atoms with E-state index in [1.54, 1.807) is 11.8 Å². The number of hydrogen-bond acceptors (Lipinski definition) is 3. The number of piperidine rings is 1.